The molecule has 0 radical (unpaired) electrons. The molecule has 1 aromatic rings. The van der Waals surface area contributed by atoms with Gasteiger partial charge in [0.15, 0.2) is 0 Å². The molecule has 0 amide bonds. The zero-order valence-corrected chi connectivity index (χ0v) is 12.0. The number of aliphatic carboxylic acids is 1. The van der Waals surface area contributed by atoms with Gasteiger partial charge in [0.05, 0.1) is 18.3 Å². The Bertz CT molecular complexity index is 599. The summed E-state index contributed by atoms with van der Waals surface area (Å²) in [6.45, 7) is 0.280. The number of fused-ring (bicyclic) bond motifs is 1. The fourth-order valence-electron chi connectivity index (χ4n) is 2.32. The molecule has 0 aromatic heterocycles. The van der Waals surface area contributed by atoms with Crippen molar-refractivity contribution in [3.63, 3.8) is 0 Å². The highest BCUT2D eigenvalue weighted by atomic mass is 32.2. The molecule has 1 atom stereocenters. The van der Waals surface area contributed by atoms with Crippen LogP contribution in [0.3, 0.4) is 0 Å². The number of carbonyl (C=O) groups is 1. The first kappa shape index (κ1) is 15.0. The molecule has 0 aliphatic carbocycles. The molecule has 20 heavy (non-hydrogen) atoms. The Hall–Kier alpha value is -1.44. The smallest absolute Gasteiger partial charge is 0.312 e. The molecule has 0 saturated carbocycles. The van der Waals surface area contributed by atoms with Crippen LogP contribution in [0, 0.1) is 0 Å². The van der Waals surface area contributed by atoms with Gasteiger partial charge in [0.1, 0.15) is 0 Å². The second kappa shape index (κ2) is 5.90. The topological polar surface area (TPSA) is 83.9 Å². The number of hydrogen-bond acceptors (Lipinski definition) is 4. The zero-order valence-electron chi connectivity index (χ0n) is 11.2. The van der Waals surface area contributed by atoms with Gasteiger partial charge in [-0.2, -0.15) is 4.31 Å². The van der Waals surface area contributed by atoms with Crippen LogP contribution in [0.2, 0.25) is 0 Å². The summed E-state index contributed by atoms with van der Waals surface area (Å²) in [6, 6.07) is 7.06. The molecule has 0 saturated heterocycles. The number of sulfonamides is 1. The van der Waals surface area contributed by atoms with E-state index in [-0.39, 0.29) is 25.4 Å². The first-order chi connectivity index (χ1) is 9.45. The molecule has 1 heterocycles. The summed E-state index contributed by atoms with van der Waals surface area (Å²) in [6.07, 6.45) is 0. The summed E-state index contributed by atoms with van der Waals surface area (Å²) < 4.78 is 30.4. The van der Waals surface area contributed by atoms with Gasteiger partial charge < -0.3 is 9.84 Å². The van der Waals surface area contributed by atoms with Crippen LogP contribution in [-0.2, 0) is 26.1 Å². The van der Waals surface area contributed by atoms with E-state index in [1.165, 1.54) is 11.4 Å². The first-order valence-electron chi connectivity index (χ1n) is 6.23. The van der Waals surface area contributed by atoms with E-state index >= 15 is 0 Å². The van der Waals surface area contributed by atoms with Crippen LogP contribution >= 0.6 is 0 Å². The molecule has 1 aliphatic heterocycles. The number of carboxylic acids is 1. The quantitative estimate of drug-likeness (QED) is 0.863. The van der Waals surface area contributed by atoms with Crippen molar-refractivity contribution in [2.45, 2.75) is 12.5 Å². The van der Waals surface area contributed by atoms with Crippen molar-refractivity contribution in [1.29, 1.82) is 0 Å². The predicted molar refractivity (Wildman–Crippen MR) is 72.9 cm³/mol. The maximum atomic E-state index is 12.2. The largest absolute Gasteiger partial charge is 0.481 e. The lowest BCUT2D eigenvalue weighted by Crippen LogP contribution is -2.42. The van der Waals surface area contributed by atoms with Gasteiger partial charge in [-0.25, -0.2) is 8.42 Å². The summed E-state index contributed by atoms with van der Waals surface area (Å²) in [4.78, 5) is 11.4. The molecule has 0 bridgehead atoms. The lowest BCUT2D eigenvalue weighted by molar-refractivity contribution is -0.139. The van der Waals surface area contributed by atoms with Crippen LogP contribution in [-0.4, -0.2) is 49.8 Å². The van der Waals surface area contributed by atoms with Gasteiger partial charge in [-0.3, -0.25) is 4.79 Å². The van der Waals surface area contributed by atoms with Gasteiger partial charge in [-0.15, -0.1) is 0 Å². The molecule has 1 unspecified atom stereocenters. The predicted octanol–water partition coefficient (Wildman–Crippen LogP) is 0.647. The van der Waals surface area contributed by atoms with E-state index in [1.54, 1.807) is 24.3 Å². The fraction of sp³-hybridized carbons (Fsp3) is 0.462. The normalized spacial score (nSPS) is 19.6. The van der Waals surface area contributed by atoms with Gasteiger partial charge in [-0.1, -0.05) is 24.3 Å². The molecule has 110 valence electrons. The third-order valence-corrected chi connectivity index (χ3v) is 5.15. The number of hydrogen-bond donors (Lipinski definition) is 1. The molecule has 1 aromatic carbocycles. The molecule has 7 heteroatoms. The second-order valence-corrected chi connectivity index (χ2v) is 6.78. The third kappa shape index (κ3) is 3.00. The van der Waals surface area contributed by atoms with Gasteiger partial charge in [-0.05, 0) is 11.1 Å². The number of carboxylic acid groups (broad SMARTS) is 1. The summed E-state index contributed by atoms with van der Waals surface area (Å²) >= 11 is 0. The Morgan fingerprint density at radius 3 is 2.80 bits per heavy atom. The third-order valence-electron chi connectivity index (χ3n) is 3.40. The molecular weight excluding hydrogens is 282 g/mol. The maximum Gasteiger partial charge on any atom is 0.312 e. The van der Waals surface area contributed by atoms with E-state index in [4.69, 9.17) is 4.74 Å². The number of nitrogens with zero attached hydrogens (tertiary/aromatic N) is 1. The summed E-state index contributed by atoms with van der Waals surface area (Å²) in [5, 5.41) is 9.30. The minimum Gasteiger partial charge on any atom is -0.481 e. The molecule has 2 rings (SSSR count). The van der Waals surface area contributed by atoms with Crippen LogP contribution < -0.4 is 0 Å². The lowest BCUT2D eigenvalue weighted by Gasteiger charge is -2.31. The van der Waals surface area contributed by atoms with Crippen molar-refractivity contribution in [3.05, 3.63) is 35.4 Å². The summed E-state index contributed by atoms with van der Waals surface area (Å²) in [7, 11) is -2.08. The van der Waals surface area contributed by atoms with E-state index in [0.717, 1.165) is 5.56 Å². The Kier molecular flexibility index (Phi) is 4.42. The zero-order chi connectivity index (χ0) is 14.8. The molecule has 1 N–H and O–H groups in total. The summed E-state index contributed by atoms with van der Waals surface area (Å²) in [5.74, 6) is -1.97. The standard InChI is InChI=1S/C13H17NO5S/c1-19-6-7-20(17,18)14-8-10-4-2-3-5-11(10)12(9-14)13(15)16/h2-5,12H,6-9H2,1H3,(H,15,16). The Labute approximate surface area is 118 Å². The van der Waals surface area contributed by atoms with Gasteiger partial charge >= 0.3 is 5.97 Å². The van der Waals surface area contributed by atoms with Gasteiger partial charge in [0, 0.05) is 20.2 Å². The van der Waals surface area contributed by atoms with E-state index in [0.29, 0.717) is 5.56 Å². The Balaban J connectivity index is 2.31. The first-order valence-corrected chi connectivity index (χ1v) is 7.84. The number of ether oxygens (including phenoxy) is 1. The molecule has 0 spiro atoms. The highest BCUT2D eigenvalue weighted by molar-refractivity contribution is 7.89. The van der Waals surface area contributed by atoms with E-state index in [1.807, 2.05) is 0 Å². The average molecular weight is 299 g/mol. The Morgan fingerprint density at radius 2 is 2.15 bits per heavy atom. The minimum atomic E-state index is -3.51. The SMILES string of the molecule is COCCS(=O)(=O)N1Cc2ccccc2C(C(=O)O)C1. The van der Waals surface area contributed by atoms with Crippen molar-refractivity contribution < 1.29 is 23.1 Å². The van der Waals surface area contributed by atoms with Crippen molar-refractivity contribution in [3.8, 4) is 0 Å². The molecule has 0 fully saturated rings. The van der Waals surface area contributed by atoms with E-state index in [2.05, 4.69) is 0 Å². The molecule has 6 nitrogen and oxygen atoms in total. The Morgan fingerprint density at radius 1 is 1.45 bits per heavy atom. The van der Waals surface area contributed by atoms with Crippen molar-refractivity contribution in [2.24, 2.45) is 0 Å². The van der Waals surface area contributed by atoms with E-state index in [9.17, 15) is 18.3 Å². The molecule has 1 aliphatic rings. The van der Waals surface area contributed by atoms with Crippen molar-refractivity contribution in [2.75, 3.05) is 26.0 Å². The van der Waals surface area contributed by atoms with Crippen LogP contribution in [0.4, 0.5) is 0 Å². The minimum absolute atomic E-state index is 0.0294. The average Bonchev–Trinajstić information content (AvgIpc) is 2.43. The van der Waals surface area contributed by atoms with Gasteiger partial charge in [0.25, 0.3) is 0 Å². The van der Waals surface area contributed by atoms with Crippen LogP contribution in [0.5, 0.6) is 0 Å². The van der Waals surface area contributed by atoms with Crippen molar-refractivity contribution >= 4 is 16.0 Å². The van der Waals surface area contributed by atoms with Crippen LogP contribution in [0.15, 0.2) is 24.3 Å². The highest BCUT2D eigenvalue weighted by Crippen LogP contribution is 2.30. The number of methoxy groups -OCH3 is 1. The van der Waals surface area contributed by atoms with Gasteiger partial charge in [0.2, 0.25) is 10.0 Å². The number of benzene rings is 1. The molecular formula is C13H17NO5S. The fourth-order valence-corrected chi connectivity index (χ4v) is 3.66. The lowest BCUT2D eigenvalue weighted by atomic mass is 9.91. The van der Waals surface area contributed by atoms with Crippen molar-refractivity contribution in [1.82, 2.24) is 4.31 Å². The van der Waals surface area contributed by atoms with E-state index < -0.39 is 21.9 Å². The second-order valence-electron chi connectivity index (χ2n) is 4.69. The van der Waals surface area contributed by atoms with Crippen LogP contribution in [0.1, 0.15) is 17.0 Å². The highest BCUT2D eigenvalue weighted by Gasteiger charge is 2.35. The number of rotatable bonds is 5. The summed E-state index contributed by atoms with van der Waals surface area (Å²) in [5.41, 5.74) is 1.44. The monoisotopic (exact) mass is 299 g/mol. The van der Waals surface area contributed by atoms with Crippen LogP contribution in [0.25, 0.3) is 0 Å². The maximum absolute atomic E-state index is 12.2.